The van der Waals surface area contributed by atoms with Gasteiger partial charge in [-0.2, -0.15) is 4.68 Å². The van der Waals surface area contributed by atoms with Crippen LogP contribution in [0, 0.1) is 27.7 Å². The Morgan fingerprint density at radius 1 is 1.19 bits per heavy atom. The molecule has 1 aromatic carbocycles. The van der Waals surface area contributed by atoms with Gasteiger partial charge in [0.25, 0.3) is 0 Å². The maximum atomic E-state index is 12.7. The van der Waals surface area contributed by atoms with Crippen LogP contribution in [0.4, 0.5) is 0 Å². The van der Waals surface area contributed by atoms with Crippen LogP contribution in [0.2, 0.25) is 0 Å². The summed E-state index contributed by atoms with van der Waals surface area (Å²) in [6.45, 7) is 9.12. The molecule has 3 rings (SSSR count). The van der Waals surface area contributed by atoms with E-state index < -0.39 is 0 Å². The summed E-state index contributed by atoms with van der Waals surface area (Å²) < 4.78 is 1.64. The fraction of sp³-hybridized carbons (Fsp3) is 0.316. The molecule has 0 saturated carbocycles. The Bertz CT molecular complexity index is 1030. The highest BCUT2D eigenvalue weighted by molar-refractivity contribution is 7.99. The van der Waals surface area contributed by atoms with Gasteiger partial charge < -0.3 is 4.98 Å². The molecular formula is C19H21N5O2S. The third kappa shape index (κ3) is 3.71. The van der Waals surface area contributed by atoms with Crippen molar-refractivity contribution >= 4 is 23.3 Å². The van der Waals surface area contributed by atoms with E-state index in [4.69, 9.17) is 0 Å². The molecule has 1 N–H and O–H groups in total. The Morgan fingerprint density at radius 3 is 2.56 bits per heavy atom. The van der Waals surface area contributed by atoms with Gasteiger partial charge in [-0.3, -0.25) is 9.59 Å². The molecule has 0 spiro atoms. The van der Waals surface area contributed by atoms with Gasteiger partial charge in [0.15, 0.2) is 11.6 Å². The molecule has 0 bridgehead atoms. The topological polar surface area (TPSA) is 93.5 Å². The molecule has 27 heavy (non-hydrogen) atoms. The van der Waals surface area contributed by atoms with Gasteiger partial charge in [-0.05, 0) is 62.2 Å². The molecule has 0 aliphatic heterocycles. The number of hydrogen-bond acceptors (Lipinski definition) is 6. The third-order valence-electron chi connectivity index (χ3n) is 4.42. The average Bonchev–Trinajstić information content (AvgIpc) is 3.16. The summed E-state index contributed by atoms with van der Waals surface area (Å²) in [5.74, 6) is 0.0266. The highest BCUT2D eigenvalue weighted by atomic mass is 32.2. The smallest absolute Gasteiger partial charge is 0.214 e. The Morgan fingerprint density at radius 2 is 1.93 bits per heavy atom. The van der Waals surface area contributed by atoms with Crippen LogP contribution in [0.3, 0.4) is 0 Å². The monoisotopic (exact) mass is 383 g/mol. The first kappa shape index (κ1) is 19.0. The number of Topliss-reactive ketones (excluding diaryl/α,β-unsaturated/α-hetero) is 2. The van der Waals surface area contributed by atoms with Gasteiger partial charge in [-0.25, -0.2) is 0 Å². The number of rotatable bonds is 6. The second-order valence-corrected chi connectivity index (χ2v) is 7.50. The molecule has 140 valence electrons. The predicted molar refractivity (Wildman–Crippen MR) is 104 cm³/mol. The fourth-order valence-electron chi connectivity index (χ4n) is 3.22. The molecule has 8 heteroatoms. The minimum absolute atomic E-state index is 0.0493. The van der Waals surface area contributed by atoms with Crippen molar-refractivity contribution < 1.29 is 9.59 Å². The van der Waals surface area contributed by atoms with Crippen LogP contribution in [0.15, 0.2) is 23.4 Å². The van der Waals surface area contributed by atoms with Crippen LogP contribution >= 0.6 is 11.8 Å². The highest BCUT2D eigenvalue weighted by Crippen LogP contribution is 2.24. The molecule has 2 aromatic heterocycles. The largest absolute Gasteiger partial charge is 0.355 e. The molecule has 0 radical (unpaired) electrons. The van der Waals surface area contributed by atoms with Crippen LogP contribution in [-0.4, -0.2) is 42.5 Å². The van der Waals surface area contributed by atoms with E-state index in [0.717, 1.165) is 16.8 Å². The number of aryl methyl sites for hydroxylation is 3. The van der Waals surface area contributed by atoms with Crippen molar-refractivity contribution in [2.24, 2.45) is 0 Å². The van der Waals surface area contributed by atoms with E-state index in [9.17, 15) is 9.59 Å². The molecule has 0 fully saturated rings. The first-order valence-corrected chi connectivity index (χ1v) is 9.50. The second kappa shape index (κ2) is 7.48. The lowest BCUT2D eigenvalue weighted by Gasteiger charge is -2.08. The molecular weight excluding hydrogens is 362 g/mol. The standard InChI is InChI=1S/C19H21N5O2S/c1-10-6-7-15(11(2)8-10)24-19(21-22-23-24)27-9-16(26)18-12(3)17(14(5)25)13(4)20-18/h6-8,20H,9H2,1-5H3. The Labute approximate surface area is 161 Å². The van der Waals surface area contributed by atoms with Crippen molar-refractivity contribution in [2.45, 2.75) is 39.8 Å². The first-order chi connectivity index (χ1) is 12.8. The zero-order valence-corrected chi connectivity index (χ0v) is 16.8. The summed E-state index contributed by atoms with van der Waals surface area (Å²) in [5.41, 5.74) is 5.56. The van der Waals surface area contributed by atoms with Gasteiger partial charge in [-0.15, -0.1) is 5.10 Å². The summed E-state index contributed by atoms with van der Waals surface area (Å²) in [6.07, 6.45) is 0. The summed E-state index contributed by atoms with van der Waals surface area (Å²) in [4.78, 5) is 27.5. The summed E-state index contributed by atoms with van der Waals surface area (Å²) in [5, 5.41) is 12.4. The van der Waals surface area contributed by atoms with E-state index in [-0.39, 0.29) is 17.3 Å². The van der Waals surface area contributed by atoms with Gasteiger partial charge in [0.1, 0.15) is 0 Å². The third-order valence-corrected chi connectivity index (χ3v) is 5.34. The number of thioether (sulfide) groups is 1. The quantitative estimate of drug-likeness (QED) is 0.518. The maximum absolute atomic E-state index is 12.7. The SMILES string of the molecule is CC(=O)c1c(C)[nH]c(C(=O)CSc2nnnn2-c2ccc(C)cc2C)c1C. The summed E-state index contributed by atoms with van der Waals surface area (Å²) in [7, 11) is 0. The van der Waals surface area contributed by atoms with Gasteiger partial charge in [-0.1, -0.05) is 29.5 Å². The minimum Gasteiger partial charge on any atom is -0.355 e. The Kier molecular flexibility index (Phi) is 5.27. The molecule has 0 amide bonds. The number of nitrogens with zero attached hydrogens (tertiary/aromatic N) is 4. The average molecular weight is 383 g/mol. The van der Waals surface area contributed by atoms with E-state index >= 15 is 0 Å². The molecule has 2 heterocycles. The number of aromatic nitrogens is 5. The zero-order valence-electron chi connectivity index (χ0n) is 16.0. The molecule has 0 aliphatic carbocycles. The van der Waals surface area contributed by atoms with Crippen LogP contribution < -0.4 is 0 Å². The number of ketones is 2. The molecule has 7 nitrogen and oxygen atoms in total. The van der Waals surface area contributed by atoms with E-state index in [2.05, 4.69) is 26.6 Å². The van der Waals surface area contributed by atoms with Gasteiger partial charge in [0, 0.05) is 11.3 Å². The lowest BCUT2D eigenvalue weighted by atomic mass is 10.1. The zero-order chi connectivity index (χ0) is 19.7. The number of nitrogens with one attached hydrogen (secondary N) is 1. The lowest BCUT2D eigenvalue weighted by molar-refractivity contribution is 0.101. The van der Waals surface area contributed by atoms with E-state index in [1.54, 1.807) is 18.5 Å². The number of carbonyl (C=O) groups is 2. The van der Waals surface area contributed by atoms with Crippen molar-refractivity contribution in [1.82, 2.24) is 25.2 Å². The first-order valence-electron chi connectivity index (χ1n) is 8.51. The van der Waals surface area contributed by atoms with Crippen LogP contribution in [0.1, 0.15) is 50.2 Å². The number of carbonyl (C=O) groups excluding carboxylic acids is 2. The van der Waals surface area contributed by atoms with Gasteiger partial charge in [0.05, 0.1) is 17.1 Å². The van der Waals surface area contributed by atoms with Crippen molar-refractivity contribution in [2.75, 3.05) is 5.75 Å². The maximum Gasteiger partial charge on any atom is 0.214 e. The lowest BCUT2D eigenvalue weighted by Crippen LogP contribution is -2.07. The van der Waals surface area contributed by atoms with Crippen molar-refractivity contribution in [3.05, 3.63) is 51.8 Å². The van der Waals surface area contributed by atoms with Gasteiger partial charge in [0.2, 0.25) is 5.16 Å². The normalized spacial score (nSPS) is 11.0. The molecule has 0 aliphatic rings. The fourth-order valence-corrected chi connectivity index (χ4v) is 3.98. The van der Waals surface area contributed by atoms with E-state index in [0.29, 0.717) is 27.7 Å². The molecule has 0 saturated heterocycles. The van der Waals surface area contributed by atoms with Gasteiger partial charge >= 0.3 is 0 Å². The number of aromatic amines is 1. The van der Waals surface area contributed by atoms with Crippen LogP contribution in [0.5, 0.6) is 0 Å². The number of benzene rings is 1. The molecule has 3 aromatic rings. The van der Waals surface area contributed by atoms with E-state index in [1.807, 2.05) is 26.0 Å². The van der Waals surface area contributed by atoms with E-state index in [1.165, 1.54) is 18.7 Å². The predicted octanol–water partition coefficient (Wildman–Crippen LogP) is 3.40. The second-order valence-electron chi connectivity index (χ2n) is 6.56. The molecule has 0 atom stereocenters. The number of hydrogen-bond donors (Lipinski definition) is 1. The summed E-state index contributed by atoms with van der Waals surface area (Å²) >= 11 is 1.27. The van der Waals surface area contributed by atoms with Crippen molar-refractivity contribution in [3.8, 4) is 5.69 Å². The highest BCUT2D eigenvalue weighted by Gasteiger charge is 2.21. The van der Waals surface area contributed by atoms with Crippen LogP contribution in [-0.2, 0) is 0 Å². The van der Waals surface area contributed by atoms with Crippen molar-refractivity contribution in [1.29, 1.82) is 0 Å². The molecule has 0 unspecified atom stereocenters. The Hall–Kier alpha value is -2.74. The minimum atomic E-state index is -0.0942. The Balaban J connectivity index is 1.81. The number of H-pyrrole nitrogens is 1. The number of tetrazole rings is 1. The van der Waals surface area contributed by atoms with Crippen molar-refractivity contribution in [3.63, 3.8) is 0 Å². The van der Waals surface area contributed by atoms with Crippen LogP contribution in [0.25, 0.3) is 5.69 Å². The summed E-state index contributed by atoms with van der Waals surface area (Å²) in [6, 6.07) is 6.02.